The highest BCUT2D eigenvalue weighted by Gasteiger charge is 2.20. The molecule has 0 spiro atoms. The minimum Gasteiger partial charge on any atom is -0.369 e. The van der Waals surface area contributed by atoms with Crippen LogP contribution in [-0.4, -0.2) is 37.1 Å². The Morgan fingerprint density at radius 1 is 1.27 bits per heavy atom. The van der Waals surface area contributed by atoms with Crippen molar-refractivity contribution >= 4 is 28.1 Å². The Morgan fingerprint density at radius 3 is 2.77 bits per heavy atom. The second-order valence-electron chi connectivity index (χ2n) is 6.91. The van der Waals surface area contributed by atoms with E-state index in [1.54, 1.807) is 12.1 Å². The zero-order valence-corrected chi connectivity index (χ0v) is 15.4. The minimum absolute atomic E-state index is 0.317. The number of anilines is 2. The predicted molar refractivity (Wildman–Crippen MR) is 103 cm³/mol. The van der Waals surface area contributed by atoms with Crippen molar-refractivity contribution in [1.82, 2.24) is 10.3 Å². The van der Waals surface area contributed by atoms with Gasteiger partial charge < -0.3 is 10.2 Å². The molecule has 138 valence electrons. The van der Waals surface area contributed by atoms with Gasteiger partial charge in [-0.3, -0.25) is 10.1 Å². The number of benzene rings is 1. The lowest BCUT2D eigenvalue weighted by molar-refractivity contribution is 0.102. The maximum atomic E-state index is 14.4. The van der Waals surface area contributed by atoms with Crippen molar-refractivity contribution in [2.45, 2.75) is 31.6 Å². The highest BCUT2D eigenvalue weighted by Crippen LogP contribution is 2.32. The summed E-state index contributed by atoms with van der Waals surface area (Å²) >= 11 is 1.52. The van der Waals surface area contributed by atoms with Crippen LogP contribution in [0.4, 0.5) is 15.2 Å². The summed E-state index contributed by atoms with van der Waals surface area (Å²) in [6, 6.07) is 4.72. The van der Waals surface area contributed by atoms with Crippen LogP contribution in [0, 0.1) is 5.82 Å². The van der Waals surface area contributed by atoms with Crippen LogP contribution >= 0.6 is 11.3 Å². The number of hydrogen-bond acceptors (Lipinski definition) is 5. The molecule has 7 heteroatoms. The first-order valence-electron chi connectivity index (χ1n) is 9.23. The van der Waals surface area contributed by atoms with Gasteiger partial charge in [0.05, 0.1) is 5.69 Å². The summed E-state index contributed by atoms with van der Waals surface area (Å²) in [5.74, 6) is -0.145. The Hall–Kier alpha value is -1.99. The fourth-order valence-corrected chi connectivity index (χ4v) is 4.65. The number of thiazole rings is 1. The van der Waals surface area contributed by atoms with E-state index in [1.165, 1.54) is 22.3 Å². The zero-order chi connectivity index (χ0) is 17.9. The maximum Gasteiger partial charge on any atom is 0.257 e. The molecule has 0 unspecified atom stereocenters. The first kappa shape index (κ1) is 17.4. The first-order valence-corrected chi connectivity index (χ1v) is 10.0. The summed E-state index contributed by atoms with van der Waals surface area (Å²) < 4.78 is 14.4. The van der Waals surface area contributed by atoms with Gasteiger partial charge in [-0.25, -0.2) is 9.37 Å². The van der Waals surface area contributed by atoms with Gasteiger partial charge in [0.1, 0.15) is 5.82 Å². The lowest BCUT2D eigenvalue weighted by Crippen LogP contribution is -2.26. The summed E-state index contributed by atoms with van der Waals surface area (Å²) in [6.07, 6.45) is 6.22. The molecule has 5 nitrogen and oxygen atoms in total. The number of aromatic nitrogens is 1. The van der Waals surface area contributed by atoms with Gasteiger partial charge in [0.25, 0.3) is 5.91 Å². The average molecular weight is 374 g/mol. The number of nitrogens with zero attached hydrogens (tertiary/aromatic N) is 2. The van der Waals surface area contributed by atoms with E-state index in [0.29, 0.717) is 22.3 Å². The van der Waals surface area contributed by atoms with Crippen LogP contribution in [0.5, 0.6) is 0 Å². The molecule has 2 N–H and O–H groups in total. The number of carbonyl (C=O) groups excluding carboxylic acids is 1. The summed E-state index contributed by atoms with van der Waals surface area (Å²) in [6.45, 7) is 3.79. The van der Waals surface area contributed by atoms with E-state index in [1.807, 2.05) is 11.1 Å². The predicted octanol–water partition coefficient (Wildman–Crippen LogP) is 3.60. The molecule has 1 amide bonds. The van der Waals surface area contributed by atoms with Gasteiger partial charge in [0.15, 0.2) is 5.13 Å². The first-order chi connectivity index (χ1) is 12.7. The van der Waals surface area contributed by atoms with Gasteiger partial charge >= 0.3 is 0 Å². The molecule has 2 aliphatic rings. The second-order valence-corrected chi connectivity index (χ2v) is 7.97. The molecular formula is C19H23FN4OS. The van der Waals surface area contributed by atoms with Gasteiger partial charge in [-0.2, -0.15) is 0 Å². The van der Waals surface area contributed by atoms with E-state index in [4.69, 9.17) is 0 Å². The number of nitrogens with one attached hydrogen (secondary N) is 2. The fraction of sp³-hybridized carbons (Fsp3) is 0.474. The van der Waals surface area contributed by atoms with Gasteiger partial charge in [0, 0.05) is 29.7 Å². The monoisotopic (exact) mass is 374 g/mol. The number of hydrogen-bond donors (Lipinski definition) is 2. The standard InChI is InChI=1S/C19H23FN4OS/c20-15-11-14(3-4-16(15)24-9-1-2-10-24)18(25)23-19-22-12-17(26-19)13-5-7-21-8-6-13/h3-4,11-13,21H,1-2,5-10H2,(H,22,23,25). The van der Waals surface area contributed by atoms with E-state index in [2.05, 4.69) is 15.6 Å². The van der Waals surface area contributed by atoms with Crippen LogP contribution < -0.4 is 15.5 Å². The molecule has 2 fully saturated rings. The maximum absolute atomic E-state index is 14.4. The van der Waals surface area contributed by atoms with Crippen molar-refractivity contribution in [3.05, 3.63) is 40.7 Å². The second kappa shape index (κ2) is 7.72. The van der Waals surface area contributed by atoms with Gasteiger partial charge in [-0.05, 0) is 62.9 Å². The molecule has 2 aliphatic heterocycles. The SMILES string of the molecule is O=C(Nc1ncc(C2CCNCC2)s1)c1ccc(N2CCCC2)c(F)c1. The fourth-order valence-electron chi connectivity index (χ4n) is 3.67. The normalized spacial score (nSPS) is 18.3. The van der Waals surface area contributed by atoms with Gasteiger partial charge in [-0.1, -0.05) is 0 Å². The van der Waals surface area contributed by atoms with Gasteiger partial charge in [-0.15, -0.1) is 11.3 Å². The quantitative estimate of drug-likeness (QED) is 0.859. The number of halogens is 1. The lowest BCUT2D eigenvalue weighted by atomic mass is 9.97. The summed E-state index contributed by atoms with van der Waals surface area (Å²) in [7, 11) is 0. The number of rotatable bonds is 4. The zero-order valence-electron chi connectivity index (χ0n) is 14.6. The highest BCUT2D eigenvalue weighted by molar-refractivity contribution is 7.15. The molecule has 2 aromatic rings. The minimum atomic E-state index is -0.339. The smallest absolute Gasteiger partial charge is 0.257 e. The van der Waals surface area contributed by atoms with E-state index >= 15 is 0 Å². The molecule has 2 saturated heterocycles. The lowest BCUT2D eigenvalue weighted by Gasteiger charge is -2.20. The Kier molecular flexibility index (Phi) is 5.17. The van der Waals surface area contributed by atoms with Crippen molar-refractivity contribution in [1.29, 1.82) is 0 Å². The number of amides is 1. The van der Waals surface area contributed by atoms with Crippen LogP contribution in [0.3, 0.4) is 0 Å². The van der Waals surface area contributed by atoms with Crippen LogP contribution in [0.25, 0.3) is 0 Å². The van der Waals surface area contributed by atoms with Crippen LogP contribution in [-0.2, 0) is 0 Å². The van der Waals surface area contributed by atoms with Crippen molar-refractivity contribution in [3.63, 3.8) is 0 Å². The number of piperidine rings is 1. The molecule has 0 atom stereocenters. The van der Waals surface area contributed by atoms with Crippen LogP contribution in [0.1, 0.15) is 46.8 Å². The Bertz CT molecular complexity index is 782. The molecule has 0 bridgehead atoms. The molecule has 0 radical (unpaired) electrons. The van der Waals surface area contributed by atoms with E-state index in [9.17, 15) is 9.18 Å². The number of carbonyl (C=O) groups is 1. The van der Waals surface area contributed by atoms with Crippen LogP contribution in [0.2, 0.25) is 0 Å². The van der Waals surface area contributed by atoms with Crippen molar-refractivity contribution in [3.8, 4) is 0 Å². The third kappa shape index (κ3) is 3.73. The third-order valence-electron chi connectivity index (χ3n) is 5.14. The van der Waals surface area contributed by atoms with Crippen molar-refractivity contribution in [2.24, 2.45) is 0 Å². The molecule has 3 heterocycles. The third-order valence-corrected chi connectivity index (χ3v) is 6.22. The average Bonchev–Trinajstić information content (AvgIpc) is 3.34. The van der Waals surface area contributed by atoms with E-state index < -0.39 is 0 Å². The Labute approximate surface area is 156 Å². The topological polar surface area (TPSA) is 57.3 Å². The molecule has 0 aliphatic carbocycles. The molecule has 0 saturated carbocycles. The molecule has 26 heavy (non-hydrogen) atoms. The Morgan fingerprint density at radius 2 is 2.04 bits per heavy atom. The molecule has 4 rings (SSSR count). The largest absolute Gasteiger partial charge is 0.369 e. The van der Waals surface area contributed by atoms with Crippen molar-refractivity contribution in [2.75, 3.05) is 36.4 Å². The summed E-state index contributed by atoms with van der Waals surface area (Å²) in [4.78, 5) is 20.0. The molecule has 1 aromatic heterocycles. The summed E-state index contributed by atoms with van der Waals surface area (Å²) in [5.41, 5.74) is 0.908. The van der Waals surface area contributed by atoms with Crippen molar-refractivity contribution < 1.29 is 9.18 Å². The van der Waals surface area contributed by atoms with Crippen LogP contribution in [0.15, 0.2) is 24.4 Å². The highest BCUT2D eigenvalue weighted by atomic mass is 32.1. The Balaban J connectivity index is 1.43. The summed E-state index contributed by atoms with van der Waals surface area (Å²) in [5, 5.41) is 6.73. The van der Waals surface area contributed by atoms with Gasteiger partial charge in [0.2, 0.25) is 0 Å². The molecule has 1 aromatic carbocycles. The molecular weight excluding hydrogens is 351 g/mol. The van der Waals surface area contributed by atoms with E-state index in [0.717, 1.165) is 51.9 Å². The van der Waals surface area contributed by atoms with E-state index in [-0.39, 0.29) is 11.7 Å².